The van der Waals surface area contributed by atoms with Crippen molar-refractivity contribution in [2.45, 2.75) is 38.4 Å². The lowest BCUT2D eigenvalue weighted by atomic mass is 10.1. The minimum atomic E-state index is -0.747. The Balaban J connectivity index is 1.99. The maximum absolute atomic E-state index is 13.1. The van der Waals surface area contributed by atoms with Gasteiger partial charge in [-0.05, 0) is 44.4 Å². The van der Waals surface area contributed by atoms with Gasteiger partial charge in [-0.1, -0.05) is 0 Å². The molecule has 2 atom stereocenters. The lowest BCUT2D eigenvalue weighted by molar-refractivity contribution is -0.0116. The quantitative estimate of drug-likeness (QED) is 0.898. The van der Waals surface area contributed by atoms with Gasteiger partial charge < -0.3 is 14.6 Å². The van der Waals surface area contributed by atoms with Crippen LogP contribution in [0.4, 0.5) is 4.39 Å². The van der Waals surface area contributed by atoms with Crippen molar-refractivity contribution in [2.75, 3.05) is 13.2 Å². The number of aliphatic hydroxyl groups excluding tert-OH is 1. The molecule has 0 spiro atoms. The molecule has 1 aliphatic heterocycles. The van der Waals surface area contributed by atoms with E-state index in [1.165, 1.54) is 12.1 Å². The van der Waals surface area contributed by atoms with E-state index in [1.54, 1.807) is 13.0 Å². The molecule has 1 N–H and O–H groups in total. The van der Waals surface area contributed by atoms with Crippen LogP contribution in [0.5, 0.6) is 5.75 Å². The summed E-state index contributed by atoms with van der Waals surface area (Å²) >= 11 is 0. The molecule has 0 radical (unpaired) electrons. The maximum atomic E-state index is 13.1. The van der Waals surface area contributed by atoms with Gasteiger partial charge in [0.1, 0.15) is 18.2 Å². The Labute approximate surface area is 107 Å². The van der Waals surface area contributed by atoms with Gasteiger partial charge in [-0.15, -0.1) is 0 Å². The summed E-state index contributed by atoms with van der Waals surface area (Å²) in [5.41, 5.74) is 0.478. The summed E-state index contributed by atoms with van der Waals surface area (Å²) in [6.45, 7) is 2.82. The summed E-state index contributed by atoms with van der Waals surface area (Å²) in [6, 6.07) is 4.20. The third kappa shape index (κ3) is 3.43. The summed E-state index contributed by atoms with van der Waals surface area (Å²) in [4.78, 5) is 0. The van der Waals surface area contributed by atoms with Crippen LogP contribution >= 0.6 is 0 Å². The zero-order valence-electron chi connectivity index (χ0n) is 10.6. The van der Waals surface area contributed by atoms with Gasteiger partial charge in [-0.2, -0.15) is 0 Å². The molecule has 2 rings (SSSR count). The molecule has 0 amide bonds. The van der Waals surface area contributed by atoms with E-state index in [9.17, 15) is 9.50 Å². The van der Waals surface area contributed by atoms with E-state index in [-0.39, 0.29) is 11.9 Å². The fraction of sp³-hybridized carbons (Fsp3) is 0.571. The molecule has 1 saturated heterocycles. The van der Waals surface area contributed by atoms with Gasteiger partial charge in [0.05, 0.1) is 12.2 Å². The molecular weight excluding hydrogens is 235 g/mol. The highest BCUT2D eigenvalue weighted by molar-refractivity contribution is 5.35. The number of hydrogen-bond donors (Lipinski definition) is 1. The minimum Gasteiger partial charge on any atom is -0.490 e. The van der Waals surface area contributed by atoms with Crippen LogP contribution in [-0.4, -0.2) is 24.4 Å². The van der Waals surface area contributed by atoms with Crippen LogP contribution in [0, 0.1) is 5.82 Å². The van der Waals surface area contributed by atoms with Crippen LogP contribution in [-0.2, 0) is 4.74 Å². The van der Waals surface area contributed by atoms with Crippen LogP contribution in [0.1, 0.15) is 37.9 Å². The van der Waals surface area contributed by atoms with Crippen molar-refractivity contribution >= 4 is 0 Å². The molecule has 1 aliphatic rings. The summed E-state index contributed by atoms with van der Waals surface area (Å²) < 4.78 is 24.3. The minimum absolute atomic E-state index is 0.102. The van der Waals surface area contributed by atoms with E-state index < -0.39 is 6.10 Å². The predicted molar refractivity (Wildman–Crippen MR) is 66.1 cm³/mol. The molecular formula is C14H19FO3. The second-order valence-corrected chi connectivity index (χ2v) is 4.66. The van der Waals surface area contributed by atoms with Crippen LogP contribution < -0.4 is 4.74 Å². The topological polar surface area (TPSA) is 38.7 Å². The molecule has 0 aliphatic carbocycles. The summed E-state index contributed by atoms with van der Waals surface area (Å²) in [7, 11) is 0. The number of ether oxygens (including phenoxy) is 2. The molecule has 1 heterocycles. The molecule has 0 saturated carbocycles. The molecule has 18 heavy (non-hydrogen) atoms. The second kappa shape index (κ2) is 6.16. The standard InChI is InChI=1S/C14H19FO3/c1-10(16)13-8-11(15)5-6-14(13)18-9-12-4-2-3-7-17-12/h5-6,8,10,12,16H,2-4,7,9H2,1H3. The second-order valence-electron chi connectivity index (χ2n) is 4.66. The number of hydrogen-bond acceptors (Lipinski definition) is 3. The Bertz CT molecular complexity index is 387. The Morgan fingerprint density at radius 2 is 2.33 bits per heavy atom. The fourth-order valence-electron chi connectivity index (χ4n) is 2.10. The third-order valence-electron chi connectivity index (χ3n) is 3.12. The SMILES string of the molecule is CC(O)c1cc(F)ccc1OCC1CCCCO1. The van der Waals surface area contributed by atoms with E-state index in [0.29, 0.717) is 17.9 Å². The van der Waals surface area contributed by atoms with Crippen molar-refractivity contribution in [3.05, 3.63) is 29.6 Å². The first kappa shape index (κ1) is 13.3. The van der Waals surface area contributed by atoms with Crippen molar-refractivity contribution in [1.29, 1.82) is 0 Å². The summed E-state index contributed by atoms with van der Waals surface area (Å²) in [5, 5.41) is 9.59. The van der Waals surface area contributed by atoms with E-state index in [0.717, 1.165) is 25.9 Å². The van der Waals surface area contributed by atoms with Crippen LogP contribution in [0.25, 0.3) is 0 Å². The number of aliphatic hydroxyl groups is 1. The van der Waals surface area contributed by atoms with Crippen molar-refractivity contribution in [2.24, 2.45) is 0 Å². The van der Waals surface area contributed by atoms with Gasteiger partial charge in [-0.25, -0.2) is 4.39 Å². The smallest absolute Gasteiger partial charge is 0.125 e. The van der Waals surface area contributed by atoms with Gasteiger partial charge in [-0.3, -0.25) is 0 Å². The third-order valence-corrected chi connectivity index (χ3v) is 3.12. The fourth-order valence-corrected chi connectivity index (χ4v) is 2.10. The largest absolute Gasteiger partial charge is 0.490 e. The number of halogens is 1. The van der Waals surface area contributed by atoms with Crippen molar-refractivity contribution in [1.82, 2.24) is 0 Å². The van der Waals surface area contributed by atoms with Gasteiger partial charge in [0.15, 0.2) is 0 Å². The predicted octanol–water partition coefficient (Wildman–Crippen LogP) is 2.83. The van der Waals surface area contributed by atoms with Gasteiger partial charge in [0, 0.05) is 12.2 Å². The van der Waals surface area contributed by atoms with Crippen LogP contribution in [0.3, 0.4) is 0 Å². The van der Waals surface area contributed by atoms with E-state index in [4.69, 9.17) is 9.47 Å². The van der Waals surface area contributed by atoms with Crippen molar-refractivity contribution in [3.63, 3.8) is 0 Å². The molecule has 2 unspecified atom stereocenters. The molecule has 100 valence electrons. The maximum Gasteiger partial charge on any atom is 0.125 e. The monoisotopic (exact) mass is 254 g/mol. The number of rotatable bonds is 4. The van der Waals surface area contributed by atoms with E-state index in [1.807, 2.05) is 0 Å². The van der Waals surface area contributed by atoms with Crippen LogP contribution in [0.15, 0.2) is 18.2 Å². The van der Waals surface area contributed by atoms with Gasteiger partial charge >= 0.3 is 0 Å². The summed E-state index contributed by atoms with van der Waals surface area (Å²) in [5.74, 6) is 0.160. The molecule has 3 nitrogen and oxygen atoms in total. The molecule has 1 aromatic carbocycles. The Hall–Kier alpha value is -1.13. The first-order valence-electron chi connectivity index (χ1n) is 6.38. The molecule has 1 fully saturated rings. The number of benzene rings is 1. The highest BCUT2D eigenvalue weighted by Crippen LogP contribution is 2.26. The molecule has 1 aromatic rings. The Morgan fingerprint density at radius 1 is 1.50 bits per heavy atom. The molecule has 0 bridgehead atoms. The van der Waals surface area contributed by atoms with E-state index in [2.05, 4.69) is 0 Å². The average Bonchev–Trinajstić information content (AvgIpc) is 2.38. The van der Waals surface area contributed by atoms with Gasteiger partial charge in [0.25, 0.3) is 0 Å². The zero-order valence-corrected chi connectivity index (χ0v) is 10.6. The average molecular weight is 254 g/mol. The first-order valence-corrected chi connectivity index (χ1v) is 6.38. The summed E-state index contributed by atoms with van der Waals surface area (Å²) in [6.07, 6.45) is 2.60. The highest BCUT2D eigenvalue weighted by atomic mass is 19.1. The lowest BCUT2D eigenvalue weighted by Gasteiger charge is -2.23. The highest BCUT2D eigenvalue weighted by Gasteiger charge is 2.16. The van der Waals surface area contributed by atoms with Gasteiger partial charge in [0.2, 0.25) is 0 Å². The zero-order chi connectivity index (χ0) is 13.0. The van der Waals surface area contributed by atoms with E-state index >= 15 is 0 Å². The lowest BCUT2D eigenvalue weighted by Crippen LogP contribution is -2.26. The Kier molecular flexibility index (Phi) is 4.55. The normalized spacial score (nSPS) is 21.6. The molecule has 0 aromatic heterocycles. The van der Waals surface area contributed by atoms with Crippen molar-refractivity contribution < 1.29 is 19.0 Å². The molecule has 4 heteroatoms. The van der Waals surface area contributed by atoms with Crippen molar-refractivity contribution in [3.8, 4) is 5.75 Å². The van der Waals surface area contributed by atoms with Crippen LogP contribution in [0.2, 0.25) is 0 Å². The first-order chi connectivity index (χ1) is 8.66. The Morgan fingerprint density at radius 3 is 3.00 bits per heavy atom.